The van der Waals surface area contributed by atoms with Crippen LogP contribution in [0.3, 0.4) is 0 Å². The lowest BCUT2D eigenvalue weighted by Gasteiger charge is -2.45. The maximum atomic E-state index is 12.5. The Bertz CT molecular complexity index is 378. The van der Waals surface area contributed by atoms with E-state index in [9.17, 15) is 8.42 Å². The zero-order chi connectivity index (χ0) is 15.2. The summed E-state index contributed by atoms with van der Waals surface area (Å²) in [5, 5.41) is 0. The second-order valence-corrected chi connectivity index (χ2v) is 7.35. The van der Waals surface area contributed by atoms with Gasteiger partial charge in [0.1, 0.15) is 0 Å². The SMILES string of the molecule is CCN(C1(CN)CCC(C)CC1)S(=O)(=O)NCCOC. The van der Waals surface area contributed by atoms with Crippen molar-refractivity contribution in [2.45, 2.75) is 45.1 Å². The molecule has 0 bridgehead atoms. The smallest absolute Gasteiger partial charge is 0.280 e. The molecule has 0 aromatic rings. The van der Waals surface area contributed by atoms with E-state index in [-0.39, 0.29) is 6.54 Å². The lowest BCUT2D eigenvalue weighted by Crippen LogP contribution is -2.60. The van der Waals surface area contributed by atoms with Crippen molar-refractivity contribution >= 4 is 10.2 Å². The van der Waals surface area contributed by atoms with E-state index >= 15 is 0 Å². The van der Waals surface area contributed by atoms with Gasteiger partial charge in [-0.15, -0.1) is 0 Å². The molecule has 0 unspecified atom stereocenters. The third-order valence-corrected chi connectivity index (χ3v) is 6.08. The molecule has 20 heavy (non-hydrogen) atoms. The van der Waals surface area contributed by atoms with Crippen LogP contribution in [-0.4, -0.2) is 51.6 Å². The average Bonchev–Trinajstić information content (AvgIpc) is 2.42. The Morgan fingerprint density at radius 1 is 1.40 bits per heavy atom. The van der Waals surface area contributed by atoms with Crippen LogP contribution in [0.2, 0.25) is 0 Å². The molecule has 1 saturated carbocycles. The molecule has 0 atom stereocenters. The lowest BCUT2D eigenvalue weighted by atomic mass is 9.77. The molecule has 0 amide bonds. The number of nitrogens with zero attached hydrogens (tertiary/aromatic N) is 1. The van der Waals surface area contributed by atoms with E-state index in [0.29, 0.717) is 25.6 Å². The van der Waals surface area contributed by atoms with Crippen LogP contribution in [0.5, 0.6) is 0 Å². The third kappa shape index (κ3) is 4.14. The molecule has 3 N–H and O–H groups in total. The van der Waals surface area contributed by atoms with E-state index in [1.165, 1.54) is 0 Å². The molecule has 1 aliphatic carbocycles. The van der Waals surface area contributed by atoms with E-state index in [0.717, 1.165) is 25.7 Å². The monoisotopic (exact) mass is 307 g/mol. The average molecular weight is 307 g/mol. The first kappa shape index (κ1) is 17.8. The van der Waals surface area contributed by atoms with Gasteiger partial charge in [0.25, 0.3) is 10.2 Å². The molecular weight excluding hydrogens is 278 g/mol. The molecule has 1 fully saturated rings. The number of hydrogen-bond acceptors (Lipinski definition) is 4. The molecule has 0 aromatic heterocycles. The number of methoxy groups -OCH3 is 1. The van der Waals surface area contributed by atoms with Crippen LogP contribution in [0.25, 0.3) is 0 Å². The summed E-state index contributed by atoms with van der Waals surface area (Å²) in [6.07, 6.45) is 3.73. The molecule has 6 nitrogen and oxygen atoms in total. The van der Waals surface area contributed by atoms with Gasteiger partial charge < -0.3 is 10.5 Å². The summed E-state index contributed by atoms with van der Waals surface area (Å²) in [4.78, 5) is 0. The largest absolute Gasteiger partial charge is 0.383 e. The van der Waals surface area contributed by atoms with Crippen molar-refractivity contribution in [1.82, 2.24) is 9.03 Å². The van der Waals surface area contributed by atoms with Crippen LogP contribution in [-0.2, 0) is 14.9 Å². The van der Waals surface area contributed by atoms with Crippen molar-refractivity contribution < 1.29 is 13.2 Å². The summed E-state index contributed by atoms with van der Waals surface area (Å²) in [5.74, 6) is 0.650. The first-order valence-electron chi connectivity index (χ1n) is 7.38. The van der Waals surface area contributed by atoms with Gasteiger partial charge in [-0.1, -0.05) is 13.8 Å². The first-order valence-corrected chi connectivity index (χ1v) is 8.82. The minimum atomic E-state index is -3.51. The van der Waals surface area contributed by atoms with E-state index in [1.54, 1.807) is 11.4 Å². The number of ether oxygens (including phenoxy) is 1. The highest BCUT2D eigenvalue weighted by atomic mass is 32.2. The molecule has 1 rings (SSSR count). The second kappa shape index (κ2) is 7.70. The van der Waals surface area contributed by atoms with E-state index in [4.69, 9.17) is 10.5 Å². The molecule has 7 heteroatoms. The molecule has 0 radical (unpaired) electrons. The van der Waals surface area contributed by atoms with Crippen LogP contribution >= 0.6 is 0 Å². The van der Waals surface area contributed by atoms with Crippen LogP contribution in [0.4, 0.5) is 0 Å². The summed E-state index contributed by atoms with van der Waals surface area (Å²) in [5.41, 5.74) is 5.52. The Balaban J connectivity index is 2.86. The van der Waals surface area contributed by atoms with Gasteiger partial charge in [-0.25, -0.2) is 0 Å². The van der Waals surface area contributed by atoms with Gasteiger partial charge in [0, 0.05) is 32.3 Å². The molecule has 0 heterocycles. The first-order chi connectivity index (χ1) is 9.41. The summed E-state index contributed by atoms with van der Waals surface area (Å²) in [7, 11) is -1.96. The van der Waals surface area contributed by atoms with Crippen molar-refractivity contribution in [2.75, 3.05) is 33.4 Å². The molecule has 0 saturated heterocycles. The number of nitrogens with one attached hydrogen (secondary N) is 1. The number of rotatable bonds is 8. The summed E-state index contributed by atoms with van der Waals surface area (Å²) < 4.78 is 34.0. The van der Waals surface area contributed by atoms with Crippen LogP contribution in [0.1, 0.15) is 39.5 Å². The highest BCUT2D eigenvalue weighted by Gasteiger charge is 2.43. The van der Waals surface area contributed by atoms with Gasteiger partial charge in [0.05, 0.1) is 6.61 Å². The Morgan fingerprint density at radius 2 is 2.00 bits per heavy atom. The minimum absolute atomic E-state index is 0.284. The van der Waals surface area contributed by atoms with E-state index in [1.807, 2.05) is 6.92 Å². The van der Waals surface area contributed by atoms with Crippen LogP contribution in [0, 0.1) is 5.92 Å². The Hall–Kier alpha value is -0.210. The summed E-state index contributed by atoms with van der Waals surface area (Å²) >= 11 is 0. The van der Waals surface area contributed by atoms with Gasteiger partial charge in [0.15, 0.2) is 0 Å². The van der Waals surface area contributed by atoms with E-state index < -0.39 is 15.7 Å². The molecule has 0 aromatic carbocycles. The fourth-order valence-corrected chi connectivity index (χ4v) is 4.57. The highest BCUT2D eigenvalue weighted by Crippen LogP contribution is 2.36. The Kier molecular flexibility index (Phi) is 6.87. The van der Waals surface area contributed by atoms with Gasteiger partial charge >= 0.3 is 0 Å². The molecule has 0 aliphatic heterocycles. The number of nitrogens with two attached hydrogens (primary N) is 1. The fraction of sp³-hybridized carbons (Fsp3) is 1.00. The number of hydrogen-bond donors (Lipinski definition) is 2. The molecular formula is C13H29N3O3S. The third-order valence-electron chi connectivity index (χ3n) is 4.28. The zero-order valence-electron chi connectivity index (χ0n) is 12.9. The Labute approximate surface area is 123 Å². The molecule has 1 aliphatic rings. The van der Waals surface area contributed by atoms with E-state index in [2.05, 4.69) is 11.6 Å². The van der Waals surface area contributed by atoms with Crippen LogP contribution < -0.4 is 10.5 Å². The lowest BCUT2D eigenvalue weighted by molar-refractivity contribution is 0.118. The van der Waals surface area contributed by atoms with Crippen molar-refractivity contribution in [3.8, 4) is 0 Å². The maximum Gasteiger partial charge on any atom is 0.280 e. The molecule has 120 valence electrons. The number of likely N-dealkylation sites (N-methyl/N-ethyl adjacent to an activating group) is 1. The second-order valence-electron chi connectivity index (χ2n) is 5.67. The van der Waals surface area contributed by atoms with Crippen molar-refractivity contribution in [1.29, 1.82) is 0 Å². The summed E-state index contributed by atoms with van der Waals surface area (Å²) in [6, 6.07) is 0. The standard InChI is InChI=1S/C13H29N3O3S/c1-4-16(20(17,18)15-9-10-19-3)13(11-14)7-5-12(2)6-8-13/h12,15H,4-11,14H2,1-3H3. The van der Waals surface area contributed by atoms with Gasteiger partial charge in [-0.3, -0.25) is 0 Å². The Morgan fingerprint density at radius 3 is 2.45 bits per heavy atom. The van der Waals surface area contributed by atoms with Gasteiger partial charge in [-0.2, -0.15) is 17.4 Å². The van der Waals surface area contributed by atoms with Gasteiger partial charge in [-0.05, 0) is 31.6 Å². The molecule has 0 spiro atoms. The predicted octanol–water partition coefficient (Wildman–Crippen LogP) is 0.697. The minimum Gasteiger partial charge on any atom is -0.383 e. The quantitative estimate of drug-likeness (QED) is 0.646. The van der Waals surface area contributed by atoms with Crippen molar-refractivity contribution in [2.24, 2.45) is 11.7 Å². The van der Waals surface area contributed by atoms with Crippen LogP contribution in [0.15, 0.2) is 0 Å². The van der Waals surface area contributed by atoms with Crippen molar-refractivity contribution in [3.63, 3.8) is 0 Å². The highest BCUT2D eigenvalue weighted by molar-refractivity contribution is 7.87. The normalized spacial score (nSPS) is 27.9. The summed E-state index contributed by atoms with van der Waals surface area (Å²) in [6.45, 7) is 5.54. The van der Waals surface area contributed by atoms with Crippen molar-refractivity contribution in [3.05, 3.63) is 0 Å². The topological polar surface area (TPSA) is 84.7 Å². The fourth-order valence-electron chi connectivity index (χ4n) is 2.97. The zero-order valence-corrected chi connectivity index (χ0v) is 13.7. The predicted molar refractivity (Wildman–Crippen MR) is 80.6 cm³/mol. The maximum absolute atomic E-state index is 12.5. The van der Waals surface area contributed by atoms with Gasteiger partial charge in [0.2, 0.25) is 0 Å².